The van der Waals surface area contributed by atoms with Crippen LogP contribution in [0.5, 0.6) is 0 Å². The molecule has 0 saturated heterocycles. The van der Waals surface area contributed by atoms with Crippen LogP contribution in [0, 0.1) is 17.8 Å². The maximum absolute atomic E-state index is 12.6. The number of hydrogen-bond acceptors (Lipinski definition) is 8. The summed E-state index contributed by atoms with van der Waals surface area (Å²) in [4.78, 5) is 49.8. The lowest BCUT2D eigenvalue weighted by Gasteiger charge is -2.38. The molecule has 0 aromatic carbocycles. The summed E-state index contributed by atoms with van der Waals surface area (Å²) in [5.41, 5.74) is 0.544. The molecule has 0 aromatic rings. The number of carbonyl (C=O) groups excluding carboxylic acids is 4. The van der Waals surface area contributed by atoms with Crippen LogP contribution >= 0.6 is 0 Å². The quantitative estimate of drug-likeness (QED) is 0.324. The number of rotatable bonds is 6. The van der Waals surface area contributed by atoms with Crippen LogP contribution in [0.3, 0.4) is 0 Å². The van der Waals surface area contributed by atoms with Crippen molar-refractivity contribution < 1.29 is 38.1 Å². The molecule has 34 heavy (non-hydrogen) atoms. The molecule has 7 atom stereocenters. The van der Waals surface area contributed by atoms with Crippen molar-refractivity contribution in [1.29, 1.82) is 0 Å². The van der Waals surface area contributed by atoms with Gasteiger partial charge in [0.1, 0.15) is 23.9 Å². The number of esters is 4. The van der Waals surface area contributed by atoms with Crippen molar-refractivity contribution in [3.8, 4) is 0 Å². The van der Waals surface area contributed by atoms with E-state index in [1.165, 1.54) is 6.92 Å². The fourth-order valence-corrected chi connectivity index (χ4v) is 5.79. The lowest BCUT2D eigenvalue weighted by molar-refractivity contribution is -0.170. The topological polar surface area (TPSA) is 105 Å². The molecule has 188 valence electrons. The van der Waals surface area contributed by atoms with Gasteiger partial charge in [-0.05, 0) is 40.5 Å². The lowest BCUT2D eigenvalue weighted by Crippen LogP contribution is -2.44. The first-order chi connectivity index (χ1) is 15.9. The minimum absolute atomic E-state index is 0.183. The summed E-state index contributed by atoms with van der Waals surface area (Å²) in [5.74, 6) is -2.40. The van der Waals surface area contributed by atoms with E-state index in [1.807, 2.05) is 20.8 Å². The predicted octanol–water partition coefficient (Wildman–Crippen LogP) is 3.82. The zero-order valence-corrected chi connectivity index (χ0v) is 21.1. The van der Waals surface area contributed by atoms with Crippen LogP contribution in [-0.2, 0) is 38.1 Å². The molecule has 0 bridgehead atoms. The van der Waals surface area contributed by atoms with Gasteiger partial charge in [-0.1, -0.05) is 19.9 Å². The molecule has 0 amide bonds. The Morgan fingerprint density at radius 1 is 1.21 bits per heavy atom. The van der Waals surface area contributed by atoms with E-state index < -0.39 is 41.8 Å². The van der Waals surface area contributed by atoms with Crippen LogP contribution in [0.15, 0.2) is 22.8 Å². The first kappa shape index (κ1) is 26.0. The molecule has 2 fully saturated rings. The second kappa shape index (κ2) is 9.92. The van der Waals surface area contributed by atoms with Gasteiger partial charge in [0.25, 0.3) is 0 Å². The summed E-state index contributed by atoms with van der Waals surface area (Å²) < 4.78 is 23.4. The predicted molar refractivity (Wildman–Crippen MR) is 122 cm³/mol. The van der Waals surface area contributed by atoms with Crippen LogP contribution in [0.4, 0.5) is 0 Å². The van der Waals surface area contributed by atoms with Crippen molar-refractivity contribution in [2.75, 3.05) is 0 Å². The smallest absolute Gasteiger partial charge is 0.334 e. The fraction of sp³-hybridized carbons (Fsp3) is 0.692. The molecular weight excluding hydrogens is 440 g/mol. The average Bonchev–Trinajstić information content (AvgIpc) is 3.19. The van der Waals surface area contributed by atoms with Gasteiger partial charge in [0.05, 0.1) is 0 Å². The molecule has 0 spiro atoms. The van der Waals surface area contributed by atoms with Crippen molar-refractivity contribution >= 4 is 23.9 Å². The highest BCUT2D eigenvalue weighted by atomic mass is 16.6. The van der Waals surface area contributed by atoms with Gasteiger partial charge in [-0.25, -0.2) is 9.59 Å². The minimum Gasteiger partial charge on any atom is -0.459 e. The number of hydrogen-bond donors (Lipinski definition) is 0. The second-order valence-electron chi connectivity index (χ2n) is 9.94. The third-order valence-electron chi connectivity index (χ3n) is 7.61. The van der Waals surface area contributed by atoms with Crippen molar-refractivity contribution in [3.05, 3.63) is 22.8 Å². The highest BCUT2D eigenvalue weighted by Crippen LogP contribution is 2.55. The molecule has 0 unspecified atom stereocenters. The molecule has 0 N–H and O–H groups in total. The first-order valence-corrected chi connectivity index (χ1v) is 12.1. The number of carbonyl (C=O) groups is 4. The Morgan fingerprint density at radius 3 is 2.47 bits per heavy atom. The van der Waals surface area contributed by atoms with Crippen LogP contribution in [0.2, 0.25) is 0 Å². The summed E-state index contributed by atoms with van der Waals surface area (Å²) in [7, 11) is 0. The monoisotopic (exact) mass is 476 g/mol. The van der Waals surface area contributed by atoms with E-state index in [0.29, 0.717) is 29.6 Å². The highest BCUT2D eigenvalue weighted by molar-refractivity contribution is 5.92. The Morgan fingerprint density at radius 2 is 1.88 bits per heavy atom. The molecule has 0 aromatic heterocycles. The third-order valence-corrected chi connectivity index (χ3v) is 7.61. The van der Waals surface area contributed by atoms with Gasteiger partial charge < -0.3 is 18.9 Å². The first-order valence-electron chi connectivity index (χ1n) is 12.1. The molecule has 3 rings (SSSR count). The summed E-state index contributed by atoms with van der Waals surface area (Å²) in [6, 6.07) is 0. The van der Waals surface area contributed by atoms with Gasteiger partial charge in [-0.2, -0.15) is 0 Å². The van der Waals surface area contributed by atoms with Crippen LogP contribution in [-0.4, -0.2) is 47.8 Å². The molecule has 8 nitrogen and oxygen atoms in total. The maximum Gasteiger partial charge on any atom is 0.334 e. The van der Waals surface area contributed by atoms with E-state index in [-0.39, 0.29) is 36.6 Å². The Balaban J connectivity index is 2.05. The zero-order chi connectivity index (χ0) is 25.4. The molecule has 8 heteroatoms. The normalized spacial score (nSPS) is 35.1. The Bertz CT molecular complexity index is 931. The van der Waals surface area contributed by atoms with Gasteiger partial charge in [0.15, 0.2) is 0 Å². The zero-order valence-electron chi connectivity index (χ0n) is 21.1. The van der Waals surface area contributed by atoms with Crippen molar-refractivity contribution in [1.82, 2.24) is 0 Å². The molecule has 2 aliphatic carbocycles. The molecule has 3 aliphatic rings. The highest BCUT2D eigenvalue weighted by Gasteiger charge is 2.62. The molecule has 2 saturated carbocycles. The third kappa shape index (κ3) is 4.77. The van der Waals surface area contributed by atoms with E-state index >= 15 is 0 Å². The van der Waals surface area contributed by atoms with Crippen LogP contribution < -0.4 is 0 Å². The number of allylic oxidation sites excluding steroid dienone is 1. The van der Waals surface area contributed by atoms with Gasteiger partial charge in [-0.15, -0.1) is 0 Å². The number of ether oxygens (including phenoxy) is 4. The Kier molecular flexibility index (Phi) is 7.58. The summed E-state index contributed by atoms with van der Waals surface area (Å²) >= 11 is 0. The van der Waals surface area contributed by atoms with E-state index in [2.05, 4.69) is 0 Å². The summed E-state index contributed by atoms with van der Waals surface area (Å²) in [6.07, 6.45) is 1.38. The Hall–Kier alpha value is -2.64. The standard InChI is InChI=1S/C26H36O8/c1-8-10-20(28)31-19-12-26(7,34-16(6)27)17-11-18(32-24(29)13(3)9-2)14(4)21(17)23-22(19)15(5)25(30)33-23/h9,14,17-19,21,23H,8,10-12H2,1-7H3/b13-9-/t14-,17-,18+,19-,21+,23-,26-/m0/s1. The van der Waals surface area contributed by atoms with Crippen molar-refractivity contribution in [2.45, 2.75) is 98.1 Å². The summed E-state index contributed by atoms with van der Waals surface area (Å²) in [5, 5.41) is 0. The van der Waals surface area contributed by atoms with Crippen LogP contribution in [0.25, 0.3) is 0 Å². The molecule has 1 aliphatic heterocycles. The maximum atomic E-state index is 12.6. The molecule has 0 radical (unpaired) electrons. The van der Waals surface area contributed by atoms with E-state index in [0.717, 1.165) is 0 Å². The van der Waals surface area contributed by atoms with E-state index in [9.17, 15) is 19.2 Å². The number of fused-ring (bicyclic) bond motifs is 3. The van der Waals surface area contributed by atoms with Gasteiger partial charge >= 0.3 is 23.9 Å². The van der Waals surface area contributed by atoms with Crippen molar-refractivity contribution in [3.63, 3.8) is 0 Å². The largest absolute Gasteiger partial charge is 0.459 e. The van der Waals surface area contributed by atoms with Gasteiger partial charge in [0, 0.05) is 54.2 Å². The fourth-order valence-electron chi connectivity index (χ4n) is 5.79. The molecule has 1 heterocycles. The van der Waals surface area contributed by atoms with E-state index in [4.69, 9.17) is 18.9 Å². The second-order valence-corrected chi connectivity index (χ2v) is 9.94. The van der Waals surface area contributed by atoms with Gasteiger partial charge in [-0.3, -0.25) is 9.59 Å². The summed E-state index contributed by atoms with van der Waals surface area (Å²) in [6.45, 7) is 12.2. The average molecular weight is 477 g/mol. The minimum atomic E-state index is -1.01. The lowest BCUT2D eigenvalue weighted by atomic mass is 9.76. The van der Waals surface area contributed by atoms with Crippen LogP contribution in [0.1, 0.15) is 74.1 Å². The van der Waals surface area contributed by atoms with Crippen molar-refractivity contribution in [2.24, 2.45) is 17.8 Å². The van der Waals surface area contributed by atoms with Gasteiger partial charge in [0.2, 0.25) is 0 Å². The SMILES string of the molecule is C/C=C(/C)C(=O)O[C@@H]1C[C@H]2[C@@H]([C@H]1C)[C@@H]1OC(=O)C(C)=C1[C@@H](OC(=O)CCC)C[C@]2(C)OC(C)=O. The Labute approximate surface area is 201 Å². The van der Waals surface area contributed by atoms with E-state index in [1.54, 1.807) is 26.8 Å². The molecular formula is C26H36O8.